The summed E-state index contributed by atoms with van der Waals surface area (Å²) in [5, 5.41) is 20.9. The quantitative estimate of drug-likeness (QED) is 0.269. The third-order valence-electron chi connectivity index (χ3n) is 4.17. The van der Waals surface area contributed by atoms with E-state index in [4.69, 9.17) is 22.1 Å². The van der Waals surface area contributed by atoms with E-state index in [1.807, 2.05) is 0 Å². The van der Waals surface area contributed by atoms with Crippen LogP contribution in [-0.4, -0.2) is 43.2 Å². The molecule has 1 aliphatic heterocycles. The third kappa shape index (κ3) is 5.10. The number of nitro groups is 1. The van der Waals surface area contributed by atoms with E-state index >= 15 is 0 Å². The van der Waals surface area contributed by atoms with Crippen LogP contribution in [0.5, 0.6) is 5.75 Å². The molecule has 1 heterocycles. The largest absolute Gasteiger partial charge is 0.479 e. The van der Waals surface area contributed by atoms with E-state index in [0.717, 1.165) is 16.8 Å². The Hall–Kier alpha value is -3.77. The van der Waals surface area contributed by atoms with Crippen molar-refractivity contribution < 1.29 is 29.2 Å². The highest BCUT2D eigenvalue weighted by molar-refractivity contribution is 8.26. The number of nitrogens with one attached hydrogen (secondary N) is 1. The number of hydrogen-bond donors (Lipinski definition) is 2. The Morgan fingerprint density at radius 3 is 2.69 bits per heavy atom. The molecule has 0 bridgehead atoms. The fraction of sp³-hybridized carbons (Fsp3) is 0.100. The summed E-state index contributed by atoms with van der Waals surface area (Å²) in [6, 6.07) is 11.8. The van der Waals surface area contributed by atoms with E-state index in [0.29, 0.717) is 11.3 Å². The Balaban J connectivity index is 1.78. The normalized spacial score (nSPS) is 15.5. The zero-order valence-electron chi connectivity index (χ0n) is 16.4. The highest BCUT2D eigenvalue weighted by Crippen LogP contribution is 2.32. The van der Waals surface area contributed by atoms with Crippen LogP contribution in [0.15, 0.2) is 53.4 Å². The van der Waals surface area contributed by atoms with Crippen LogP contribution in [0.3, 0.4) is 0 Å². The van der Waals surface area contributed by atoms with Crippen molar-refractivity contribution in [3.8, 4) is 5.75 Å². The summed E-state index contributed by atoms with van der Waals surface area (Å²) in [5.41, 5.74) is 2.23. The smallest absolute Gasteiger partial charge is 0.344 e. The van der Waals surface area contributed by atoms with Gasteiger partial charge < -0.3 is 9.84 Å². The summed E-state index contributed by atoms with van der Waals surface area (Å²) < 4.78 is 5.36. The molecule has 2 amide bonds. The molecular formula is C20H15N3O7S2. The molecule has 164 valence electrons. The van der Waals surface area contributed by atoms with Gasteiger partial charge in [-0.2, -0.15) is 5.01 Å². The summed E-state index contributed by atoms with van der Waals surface area (Å²) in [7, 11) is 0. The number of carbonyl (C=O) groups is 3. The molecular weight excluding hydrogens is 458 g/mol. The highest BCUT2D eigenvalue weighted by Gasteiger charge is 2.34. The molecule has 3 rings (SSSR count). The highest BCUT2D eigenvalue weighted by atomic mass is 32.2. The molecule has 2 N–H and O–H groups in total. The standard InChI is InChI=1S/C20H15N3O7S2/c1-11(19(26)27)30-13-6-4-5-12(9-13)10-16-18(25)22(20(31)32-16)21-17(24)14-7-2-3-8-15(14)23(28)29/h2-11H,1H3,(H,21,24)(H,26,27)/b16-10+. The number of thioether (sulfide) groups is 1. The van der Waals surface area contributed by atoms with Crippen molar-refractivity contribution in [3.05, 3.63) is 74.7 Å². The minimum Gasteiger partial charge on any atom is -0.479 e. The number of benzene rings is 2. The van der Waals surface area contributed by atoms with Gasteiger partial charge in [-0.3, -0.25) is 25.1 Å². The Labute approximate surface area is 191 Å². The number of rotatable bonds is 7. The van der Waals surface area contributed by atoms with Gasteiger partial charge in [0.05, 0.1) is 9.83 Å². The van der Waals surface area contributed by atoms with Gasteiger partial charge >= 0.3 is 5.97 Å². The van der Waals surface area contributed by atoms with Crippen molar-refractivity contribution in [2.24, 2.45) is 0 Å². The second kappa shape index (κ2) is 9.58. The molecule has 1 fully saturated rings. The number of amides is 2. The number of carboxylic acids is 1. The van der Waals surface area contributed by atoms with E-state index in [2.05, 4.69) is 5.43 Å². The zero-order chi connectivity index (χ0) is 23.4. The Kier molecular flexibility index (Phi) is 6.85. The van der Waals surface area contributed by atoms with Crippen LogP contribution < -0.4 is 10.2 Å². The molecule has 0 aliphatic carbocycles. The van der Waals surface area contributed by atoms with Crippen molar-refractivity contribution in [2.45, 2.75) is 13.0 Å². The van der Waals surface area contributed by atoms with Gasteiger partial charge in [0.2, 0.25) is 0 Å². The van der Waals surface area contributed by atoms with Crippen LogP contribution in [0.2, 0.25) is 0 Å². The van der Waals surface area contributed by atoms with E-state index in [-0.39, 0.29) is 14.8 Å². The average Bonchev–Trinajstić information content (AvgIpc) is 3.01. The summed E-state index contributed by atoms with van der Waals surface area (Å²) >= 11 is 6.10. The van der Waals surface area contributed by atoms with Crippen molar-refractivity contribution in [1.82, 2.24) is 10.4 Å². The van der Waals surface area contributed by atoms with Crippen molar-refractivity contribution in [3.63, 3.8) is 0 Å². The maximum atomic E-state index is 12.7. The van der Waals surface area contributed by atoms with E-state index < -0.39 is 34.5 Å². The summed E-state index contributed by atoms with van der Waals surface area (Å²) in [6.45, 7) is 1.39. The number of carbonyl (C=O) groups excluding carboxylic acids is 2. The first-order chi connectivity index (χ1) is 15.2. The van der Waals surface area contributed by atoms with E-state index in [1.165, 1.54) is 37.3 Å². The molecule has 10 nitrogen and oxygen atoms in total. The van der Waals surface area contributed by atoms with Crippen LogP contribution >= 0.6 is 24.0 Å². The zero-order valence-corrected chi connectivity index (χ0v) is 18.0. The lowest BCUT2D eigenvalue weighted by Gasteiger charge is -2.15. The Morgan fingerprint density at radius 2 is 2.00 bits per heavy atom. The van der Waals surface area contributed by atoms with Gasteiger partial charge in [0, 0.05) is 6.07 Å². The predicted octanol–water partition coefficient (Wildman–Crippen LogP) is 2.99. The topological polar surface area (TPSA) is 139 Å². The number of thiocarbonyl (C=S) groups is 1. The molecule has 1 saturated heterocycles. The van der Waals surface area contributed by atoms with Gasteiger partial charge in [-0.15, -0.1) is 0 Å². The van der Waals surface area contributed by atoms with Crippen LogP contribution in [0.1, 0.15) is 22.8 Å². The minimum absolute atomic E-state index is 0.0417. The fourth-order valence-electron chi connectivity index (χ4n) is 2.63. The van der Waals surface area contributed by atoms with E-state index in [9.17, 15) is 24.5 Å². The fourth-order valence-corrected chi connectivity index (χ4v) is 3.81. The molecule has 0 spiro atoms. The number of nitro benzene ring substituents is 1. The van der Waals surface area contributed by atoms with Gasteiger partial charge in [0.1, 0.15) is 11.3 Å². The van der Waals surface area contributed by atoms with Crippen LogP contribution in [0.4, 0.5) is 5.69 Å². The Morgan fingerprint density at radius 1 is 1.28 bits per heavy atom. The molecule has 0 aromatic heterocycles. The summed E-state index contributed by atoms with van der Waals surface area (Å²) in [4.78, 5) is 46.9. The third-order valence-corrected chi connectivity index (χ3v) is 5.47. The predicted molar refractivity (Wildman–Crippen MR) is 120 cm³/mol. The summed E-state index contributed by atoms with van der Waals surface area (Å²) in [5.74, 6) is -2.29. The first kappa shape index (κ1) is 22.9. The number of nitrogens with zero attached hydrogens (tertiary/aromatic N) is 2. The van der Waals surface area contributed by atoms with Crippen molar-refractivity contribution in [2.75, 3.05) is 0 Å². The van der Waals surface area contributed by atoms with Gasteiger partial charge in [0.15, 0.2) is 10.4 Å². The minimum atomic E-state index is -1.12. The number of aliphatic carboxylic acids is 1. The number of hydrogen-bond acceptors (Lipinski definition) is 8. The molecule has 0 radical (unpaired) electrons. The maximum Gasteiger partial charge on any atom is 0.344 e. The lowest BCUT2D eigenvalue weighted by atomic mass is 10.2. The average molecular weight is 473 g/mol. The van der Waals surface area contributed by atoms with Gasteiger partial charge in [0.25, 0.3) is 17.5 Å². The van der Waals surface area contributed by atoms with Gasteiger partial charge in [-0.25, -0.2) is 4.79 Å². The molecule has 1 atom stereocenters. The molecule has 1 unspecified atom stereocenters. The second-order valence-electron chi connectivity index (χ2n) is 6.40. The van der Waals surface area contributed by atoms with Gasteiger partial charge in [-0.05, 0) is 49.0 Å². The SMILES string of the molecule is CC(Oc1cccc(/C=C2/SC(=S)N(NC(=O)c3ccccc3[N+](=O)[O-])C2=O)c1)C(=O)O. The number of ether oxygens (including phenoxy) is 1. The first-order valence-electron chi connectivity index (χ1n) is 8.99. The molecule has 0 saturated carbocycles. The van der Waals surface area contributed by atoms with Crippen molar-refractivity contribution >= 4 is 57.8 Å². The maximum absolute atomic E-state index is 12.7. The number of hydrazine groups is 1. The van der Waals surface area contributed by atoms with Crippen LogP contribution in [0.25, 0.3) is 6.08 Å². The van der Waals surface area contributed by atoms with E-state index in [1.54, 1.807) is 24.3 Å². The first-order valence-corrected chi connectivity index (χ1v) is 10.2. The second-order valence-corrected chi connectivity index (χ2v) is 8.08. The summed E-state index contributed by atoms with van der Waals surface area (Å²) in [6.07, 6.45) is 0.454. The lowest BCUT2D eigenvalue weighted by Crippen LogP contribution is -2.45. The molecule has 2 aromatic carbocycles. The van der Waals surface area contributed by atoms with Crippen LogP contribution in [0, 0.1) is 10.1 Å². The van der Waals surface area contributed by atoms with Crippen molar-refractivity contribution in [1.29, 1.82) is 0 Å². The Bertz CT molecular complexity index is 1170. The van der Waals surface area contributed by atoms with Crippen LogP contribution in [-0.2, 0) is 9.59 Å². The molecule has 1 aliphatic rings. The molecule has 2 aromatic rings. The molecule has 32 heavy (non-hydrogen) atoms. The lowest BCUT2D eigenvalue weighted by molar-refractivity contribution is -0.385. The number of carboxylic acid groups (broad SMARTS) is 1. The number of para-hydroxylation sites is 1. The monoisotopic (exact) mass is 473 g/mol. The van der Waals surface area contributed by atoms with Gasteiger partial charge in [-0.1, -0.05) is 36.0 Å². The molecule has 12 heteroatoms.